The molecule has 0 radical (unpaired) electrons. The lowest BCUT2D eigenvalue weighted by Gasteiger charge is -2.17. The molecule has 5 nitrogen and oxygen atoms in total. The Morgan fingerprint density at radius 1 is 0.943 bits per heavy atom. The molecule has 35 heavy (non-hydrogen) atoms. The molecule has 0 N–H and O–H groups in total. The summed E-state index contributed by atoms with van der Waals surface area (Å²) < 4.78 is 13.8. The highest BCUT2D eigenvalue weighted by molar-refractivity contribution is 6.76. The maximum absolute atomic E-state index is 10.8. The molecule has 0 fully saturated rings. The van der Waals surface area contributed by atoms with Crippen LogP contribution in [0.1, 0.15) is 6.42 Å². The number of fused-ring (bicyclic) bond motifs is 1. The van der Waals surface area contributed by atoms with E-state index in [-0.39, 0.29) is 0 Å². The van der Waals surface area contributed by atoms with Gasteiger partial charge in [0, 0.05) is 32.7 Å². The minimum Gasteiger partial charge on any atom is -0.478 e. The molecule has 0 atom stereocenters. The van der Waals surface area contributed by atoms with E-state index >= 15 is 0 Å². The topological polar surface area (TPSA) is 53.4 Å². The molecule has 4 aromatic rings. The molecular formula is C28H31ClN2O3Si. The van der Waals surface area contributed by atoms with Crippen LogP contribution in [0.4, 0.5) is 0 Å². The summed E-state index contributed by atoms with van der Waals surface area (Å²) in [6, 6.07) is 23.4. The Labute approximate surface area is 212 Å². The van der Waals surface area contributed by atoms with Crippen molar-refractivity contribution in [3.8, 4) is 28.3 Å². The third-order valence-electron chi connectivity index (χ3n) is 5.77. The van der Waals surface area contributed by atoms with Gasteiger partial charge in [0.25, 0.3) is 0 Å². The van der Waals surface area contributed by atoms with Crippen molar-refractivity contribution in [1.29, 1.82) is 0 Å². The summed E-state index contributed by atoms with van der Waals surface area (Å²) in [5.41, 5.74) is 5.57. The maximum Gasteiger partial charge on any atom is 0.198 e. The average Bonchev–Trinajstić information content (AvgIpc) is 3.17. The number of nitrogens with zero attached hydrogens (tertiary/aromatic N) is 2. The molecule has 2 aromatic heterocycles. The molecule has 0 aliphatic rings. The highest BCUT2D eigenvalue weighted by Crippen LogP contribution is 2.34. The van der Waals surface area contributed by atoms with Gasteiger partial charge in [-0.2, -0.15) is 0 Å². The predicted octanol–water partition coefficient (Wildman–Crippen LogP) is 7.30. The molecule has 2 aromatic carbocycles. The van der Waals surface area contributed by atoms with Crippen molar-refractivity contribution in [1.82, 2.24) is 9.55 Å². The van der Waals surface area contributed by atoms with Crippen LogP contribution in [0.15, 0.2) is 66.7 Å². The van der Waals surface area contributed by atoms with E-state index in [1.165, 1.54) is 0 Å². The fourth-order valence-electron chi connectivity index (χ4n) is 3.78. The molecule has 0 saturated carbocycles. The van der Waals surface area contributed by atoms with Gasteiger partial charge in [0.15, 0.2) is 5.88 Å². The first kappa shape index (κ1) is 25.2. The third kappa shape index (κ3) is 6.39. The van der Waals surface area contributed by atoms with Gasteiger partial charge in [0.05, 0.1) is 28.4 Å². The smallest absolute Gasteiger partial charge is 0.198 e. The minimum absolute atomic E-state index is 0.302. The van der Waals surface area contributed by atoms with Crippen LogP contribution in [0.3, 0.4) is 0 Å². The largest absolute Gasteiger partial charge is 0.478 e. The van der Waals surface area contributed by atoms with E-state index < -0.39 is 8.07 Å². The van der Waals surface area contributed by atoms with Gasteiger partial charge in [-0.3, -0.25) is 4.57 Å². The van der Waals surface area contributed by atoms with Crippen LogP contribution in [0.5, 0.6) is 5.88 Å². The Bertz CT molecular complexity index is 1280. The highest BCUT2D eigenvalue weighted by atomic mass is 35.5. The van der Waals surface area contributed by atoms with Gasteiger partial charge in [0.1, 0.15) is 13.0 Å². The Hall–Kier alpha value is -2.93. The quantitative estimate of drug-likeness (QED) is 0.122. The number of ether oxygens (including phenoxy) is 2. The van der Waals surface area contributed by atoms with Crippen LogP contribution >= 0.6 is 11.6 Å². The number of hydrogen-bond donors (Lipinski definition) is 0. The van der Waals surface area contributed by atoms with E-state index in [9.17, 15) is 4.79 Å². The second kappa shape index (κ2) is 11.2. The molecule has 0 amide bonds. The van der Waals surface area contributed by atoms with Crippen molar-refractivity contribution in [2.24, 2.45) is 0 Å². The monoisotopic (exact) mass is 506 g/mol. The lowest BCUT2D eigenvalue weighted by molar-refractivity contribution is -0.108. The molecule has 0 bridgehead atoms. The summed E-state index contributed by atoms with van der Waals surface area (Å²) in [4.78, 5) is 15.7. The van der Waals surface area contributed by atoms with Crippen LogP contribution in [-0.4, -0.2) is 37.1 Å². The molecule has 182 valence electrons. The zero-order valence-corrected chi connectivity index (χ0v) is 22.2. The SMILES string of the molecule is C[Si](C)(C)CCOCn1c(OCCC=O)cc2nc(-c3ccc(-c4ccccc4)cc3)c(Cl)cc21. The van der Waals surface area contributed by atoms with Crippen LogP contribution in [0.2, 0.25) is 30.7 Å². The Balaban J connectivity index is 1.63. The fraction of sp³-hybridized carbons (Fsp3) is 0.286. The Kier molecular flexibility index (Phi) is 8.06. The lowest BCUT2D eigenvalue weighted by Crippen LogP contribution is -2.22. The van der Waals surface area contributed by atoms with Gasteiger partial charge < -0.3 is 14.3 Å². The fourth-order valence-corrected chi connectivity index (χ4v) is 4.79. The maximum atomic E-state index is 10.8. The summed E-state index contributed by atoms with van der Waals surface area (Å²) in [7, 11) is -1.19. The molecular weight excluding hydrogens is 476 g/mol. The normalized spacial score (nSPS) is 11.7. The van der Waals surface area contributed by atoms with Crippen LogP contribution in [0, 0.1) is 0 Å². The van der Waals surface area contributed by atoms with Crippen molar-refractivity contribution in [3.63, 3.8) is 0 Å². The number of pyridine rings is 1. The van der Waals surface area contributed by atoms with E-state index in [0.717, 1.165) is 45.7 Å². The zero-order valence-electron chi connectivity index (χ0n) is 20.5. The number of rotatable bonds is 11. The number of halogens is 1. The Morgan fingerprint density at radius 3 is 2.31 bits per heavy atom. The zero-order chi connectivity index (χ0) is 24.8. The molecule has 2 heterocycles. The lowest BCUT2D eigenvalue weighted by atomic mass is 10.0. The minimum atomic E-state index is -1.19. The van der Waals surface area contributed by atoms with Gasteiger partial charge in [-0.15, -0.1) is 0 Å². The van der Waals surface area contributed by atoms with Gasteiger partial charge in [-0.1, -0.05) is 85.8 Å². The molecule has 0 spiro atoms. The van der Waals surface area contributed by atoms with E-state index in [1.54, 1.807) is 0 Å². The number of hydrogen-bond acceptors (Lipinski definition) is 4. The average molecular weight is 507 g/mol. The second-order valence-electron chi connectivity index (χ2n) is 9.73. The number of aromatic nitrogens is 2. The van der Waals surface area contributed by atoms with Crippen LogP contribution in [0.25, 0.3) is 33.4 Å². The summed E-state index contributed by atoms with van der Waals surface area (Å²) >= 11 is 6.73. The molecule has 0 saturated heterocycles. The van der Waals surface area contributed by atoms with Crippen molar-refractivity contribution in [2.45, 2.75) is 38.8 Å². The molecule has 0 aliphatic heterocycles. The van der Waals surface area contributed by atoms with Crippen molar-refractivity contribution >= 4 is 37.0 Å². The summed E-state index contributed by atoms with van der Waals surface area (Å²) in [6.07, 6.45) is 1.18. The number of carbonyl (C=O) groups excluding carboxylic acids is 1. The Morgan fingerprint density at radius 2 is 1.63 bits per heavy atom. The number of aldehydes is 1. The standard InChI is InChI=1S/C28H31ClN2O3Si/c1-35(2,3)17-16-33-20-31-26-18-24(29)28(30-25(26)19-27(31)34-15-7-14-32)23-12-10-22(11-13-23)21-8-5-4-6-9-21/h4-6,8-14,18-19H,7,15-17,20H2,1-3H3. The van der Waals surface area contributed by atoms with Gasteiger partial charge in [0.2, 0.25) is 0 Å². The first-order chi connectivity index (χ1) is 16.9. The van der Waals surface area contributed by atoms with Crippen LogP contribution < -0.4 is 4.74 Å². The highest BCUT2D eigenvalue weighted by Gasteiger charge is 2.17. The van der Waals surface area contributed by atoms with E-state index in [1.807, 2.05) is 47.0 Å². The van der Waals surface area contributed by atoms with Gasteiger partial charge in [-0.25, -0.2) is 4.98 Å². The van der Waals surface area contributed by atoms with Crippen molar-refractivity contribution < 1.29 is 14.3 Å². The first-order valence-electron chi connectivity index (χ1n) is 11.9. The predicted molar refractivity (Wildman–Crippen MR) is 146 cm³/mol. The van der Waals surface area contributed by atoms with Crippen molar-refractivity contribution in [3.05, 3.63) is 71.8 Å². The van der Waals surface area contributed by atoms with Gasteiger partial charge >= 0.3 is 0 Å². The summed E-state index contributed by atoms with van der Waals surface area (Å²) in [5, 5.41) is 0.561. The molecule has 4 rings (SSSR count). The van der Waals surface area contributed by atoms with Crippen LogP contribution in [-0.2, 0) is 16.3 Å². The first-order valence-corrected chi connectivity index (χ1v) is 15.9. The van der Waals surface area contributed by atoms with Crippen molar-refractivity contribution in [2.75, 3.05) is 13.2 Å². The molecule has 0 aliphatic carbocycles. The van der Waals surface area contributed by atoms with Gasteiger partial charge in [-0.05, 0) is 23.2 Å². The summed E-state index contributed by atoms with van der Waals surface area (Å²) in [6.45, 7) is 8.31. The van der Waals surface area contributed by atoms with E-state index in [2.05, 4.69) is 43.9 Å². The molecule has 0 unspecified atom stereocenters. The summed E-state index contributed by atoms with van der Waals surface area (Å²) in [5.74, 6) is 0.620. The van der Waals surface area contributed by atoms with E-state index in [0.29, 0.717) is 37.3 Å². The third-order valence-corrected chi connectivity index (χ3v) is 7.76. The van der Waals surface area contributed by atoms with E-state index in [4.69, 9.17) is 26.1 Å². The number of carbonyl (C=O) groups is 1. The second-order valence-corrected chi connectivity index (χ2v) is 15.8. The molecule has 7 heteroatoms. The number of benzene rings is 2.